The molecule has 162 valence electrons. The van der Waals surface area contributed by atoms with Gasteiger partial charge in [-0.3, -0.25) is 9.59 Å². The number of nitrogens with one attached hydrogen (secondary N) is 1. The van der Waals surface area contributed by atoms with Crippen molar-refractivity contribution in [1.82, 2.24) is 10.2 Å². The molecule has 0 aliphatic rings. The van der Waals surface area contributed by atoms with Crippen molar-refractivity contribution in [1.29, 1.82) is 0 Å². The minimum absolute atomic E-state index is 0.111. The summed E-state index contributed by atoms with van der Waals surface area (Å²) in [4.78, 5) is 27.8. The van der Waals surface area contributed by atoms with Crippen LogP contribution < -0.4 is 5.32 Å². The SMILES string of the molecule is CCCCNC(=O)[C@@H](CC)N(Cc1ccc(C)cc1)C(=O)Cc1ccc(Cl)c(Cl)c1. The average molecular weight is 449 g/mol. The molecule has 0 aromatic heterocycles. The first-order valence-corrected chi connectivity index (χ1v) is 11.2. The maximum atomic E-state index is 13.3. The van der Waals surface area contributed by atoms with Crippen LogP contribution in [0.3, 0.4) is 0 Å². The topological polar surface area (TPSA) is 49.4 Å². The third-order valence-corrected chi connectivity index (χ3v) is 5.77. The predicted octanol–water partition coefficient (Wildman–Crippen LogP) is 5.57. The van der Waals surface area contributed by atoms with Gasteiger partial charge in [0.1, 0.15) is 6.04 Å². The zero-order valence-electron chi connectivity index (χ0n) is 17.9. The van der Waals surface area contributed by atoms with Gasteiger partial charge in [0.2, 0.25) is 11.8 Å². The monoisotopic (exact) mass is 448 g/mol. The summed E-state index contributed by atoms with van der Waals surface area (Å²) in [5.41, 5.74) is 2.91. The highest BCUT2D eigenvalue weighted by molar-refractivity contribution is 6.42. The summed E-state index contributed by atoms with van der Waals surface area (Å²) in [6, 6.07) is 12.7. The number of rotatable bonds is 10. The van der Waals surface area contributed by atoms with Crippen molar-refractivity contribution in [3.05, 3.63) is 69.2 Å². The molecule has 0 fully saturated rings. The van der Waals surface area contributed by atoms with Crippen molar-refractivity contribution in [2.45, 2.75) is 59.0 Å². The van der Waals surface area contributed by atoms with E-state index in [0.29, 0.717) is 29.6 Å². The summed E-state index contributed by atoms with van der Waals surface area (Å²) in [5, 5.41) is 3.84. The van der Waals surface area contributed by atoms with Gasteiger partial charge in [-0.2, -0.15) is 0 Å². The molecular weight excluding hydrogens is 419 g/mol. The highest BCUT2D eigenvalue weighted by atomic mass is 35.5. The molecule has 0 bridgehead atoms. The molecule has 0 spiro atoms. The van der Waals surface area contributed by atoms with Crippen LogP contribution in [0.15, 0.2) is 42.5 Å². The highest BCUT2D eigenvalue weighted by Gasteiger charge is 2.28. The van der Waals surface area contributed by atoms with E-state index in [-0.39, 0.29) is 18.2 Å². The predicted molar refractivity (Wildman–Crippen MR) is 124 cm³/mol. The van der Waals surface area contributed by atoms with Crippen LogP contribution in [-0.2, 0) is 22.6 Å². The Kier molecular flexibility index (Phi) is 9.67. The number of nitrogens with zero attached hydrogens (tertiary/aromatic N) is 1. The third-order valence-electron chi connectivity index (χ3n) is 5.03. The molecule has 0 radical (unpaired) electrons. The Bertz CT molecular complexity index is 853. The Balaban J connectivity index is 2.25. The fourth-order valence-electron chi connectivity index (χ4n) is 3.24. The van der Waals surface area contributed by atoms with E-state index < -0.39 is 6.04 Å². The zero-order valence-corrected chi connectivity index (χ0v) is 19.4. The maximum absolute atomic E-state index is 13.3. The number of amides is 2. The second-order valence-electron chi connectivity index (χ2n) is 7.50. The fraction of sp³-hybridized carbons (Fsp3) is 0.417. The minimum atomic E-state index is -0.529. The van der Waals surface area contributed by atoms with E-state index in [1.54, 1.807) is 23.1 Å². The van der Waals surface area contributed by atoms with Gasteiger partial charge < -0.3 is 10.2 Å². The number of aryl methyl sites for hydroxylation is 1. The van der Waals surface area contributed by atoms with E-state index in [4.69, 9.17) is 23.2 Å². The Morgan fingerprint density at radius 1 is 1.00 bits per heavy atom. The van der Waals surface area contributed by atoms with Gasteiger partial charge in [0, 0.05) is 13.1 Å². The smallest absolute Gasteiger partial charge is 0.242 e. The third kappa shape index (κ3) is 7.03. The molecule has 2 rings (SSSR count). The lowest BCUT2D eigenvalue weighted by atomic mass is 10.1. The largest absolute Gasteiger partial charge is 0.354 e. The molecular formula is C24H30Cl2N2O2. The lowest BCUT2D eigenvalue weighted by Gasteiger charge is -2.31. The van der Waals surface area contributed by atoms with Crippen LogP contribution in [-0.4, -0.2) is 29.3 Å². The lowest BCUT2D eigenvalue weighted by molar-refractivity contribution is -0.140. The van der Waals surface area contributed by atoms with Crippen molar-refractivity contribution in [2.75, 3.05) is 6.54 Å². The number of halogens is 2. The molecule has 2 aromatic rings. The van der Waals surface area contributed by atoms with Crippen molar-refractivity contribution in [2.24, 2.45) is 0 Å². The van der Waals surface area contributed by atoms with Gasteiger partial charge in [0.15, 0.2) is 0 Å². The molecule has 2 aromatic carbocycles. The molecule has 1 N–H and O–H groups in total. The lowest BCUT2D eigenvalue weighted by Crippen LogP contribution is -2.49. The first-order chi connectivity index (χ1) is 14.3. The van der Waals surface area contributed by atoms with Crippen LogP contribution in [0.5, 0.6) is 0 Å². The van der Waals surface area contributed by atoms with Crippen molar-refractivity contribution >= 4 is 35.0 Å². The molecule has 6 heteroatoms. The number of carbonyl (C=O) groups is 2. The van der Waals surface area contributed by atoms with Gasteiger partial charge in [0.05, 0.1) is 16.5 Å². The van der Waals surface area contributed by atoms with Crippen LogP contribution in [0.25, 0.3) is 0 Å². The quantitative estimate of drug-likeness (QED) is 0.483. The zero-order chi connectivity index (χ0) is 22.1. The van der Waals surface area contributed by atoms with Gasteiger partial charge >= 0.3 is 0 Å². The van der Waals surface area contributed by atoms with E-state index in [0.717, 1.165) is 29.5 Å². The molecule has 2 amide bonds. The van der Waals surface area contributed by atoms with Crippen molar-refractivity contribution in [3.63, 3.8) is 0 Å². The molecule has 0 saturated heterocycles. The Hall–Kier alpha value is -2.04. The van der Waals surface area contributed by atoms with Gasteiger partial charge in [-0.25, -0.2) is 0 Å². The van der Waals surface area contributed by atoms with Gasteiger partial charge in [0.25, 0.3) is 0 Å². The standard InChI is InChI=1S/C24H30Cl2N2O2/c1-4-6-13-27-24(30)22(5-2)28(16-18-9-7-17(3)8-10-18)23(29)15-19-11-12-20(25)21(26)14-19/h7-12,14,22H,4-6,13,15-16H2,1-3H3,(H,27,30)/t22-/m1/s1. The van der Waals surface area contributed by atoms with Crippen LogP contribution in [0.4, 0.5) is 0 Å². The number of hydrogen-bond acceptors (Lipinski definition) is 2. The summed E-state index contributed by atoms with van der Waals surface area (Å²) in [7, 11) is 0. The van der Waals surface area contributed by atoms with Gasteiger partial charge in [-0.1, -0.05) is 79.4 Å². The van der Waals surface area contributed by atoms with E-state index in [2.05, 4.69) is 12.2 Å². The average Bonchev–Trinajstić information content (AvgIpc) is 2.72. The molecule has 1 atom stereocenters. The van der Waals surface area contributed by atoms with E-state index in [1.807, 2.05) is 38.1 Å². The van der Waals surface area contributed by atoms with Crippen LogP contribution in [0.1, 0.15) is 49.8 Å². The molecule has 0 unspecified atom stereocenters. The number of hydrogen-bond donors (Lipinski definition) is 1. The first-order valence-electron chi connectivity index (χ1n) is 10.4. The Morgan fingerprint density at radius 2 is 1.67 bits per heavy atom. The minimum Gasteiger partial charge on any atom is -0.354 e. The molecule has 0 aliphatic heterocycles. The molecule has 30 heavy (non-hydrogen) atoms. The van der Waals surface area contributed by atoms with Crippen LogP contribution in [0.2, 0.25) is 10.0 Å². The second-order valence-corrected chi connectivity index (χ2v) is 8.32. The van der Waals surface area contributed by atoms with Crippen molar-refractivity contribution < 1.29 is 9.59 Å². The maximum Gasteiger partial charge on any atom is 0.242 e. The van der Waals surface area contributed by atoms with Gasteiger partial charge in [-0.05, 0) is 43.0 Å². The Morgan fingerprint density at radius 3 is 2.27 bits per heavy atom. The molecule has 4 nitrogen and oxygen atoms in total. The Labute approximate surface area is 189 Å². The summed E-state index contributed by atoms with van der Waals surface area (Å²) in [6.45, 7) is 7.02. The van der Waals surface area contributed by atoms with E-state index in [1.165, 1.54) is 0 Å². The number of benzene rings is 2. The second kappa shape index (κ2) is 12.0. The molecule has 0 saturated carbocycles. The molecule has 0 heterocycles. The van der Waals surface area contributed by atoms with Crippen LogP contribution >= 0.6 is 23.2 Å². The van der Waals surface area contributed by atoms with Crippen molar-refractivity contribution in [3.8, 4) is 0 Å². The summed E-state index contributed by atoms with van der Waals surface area (Å²) in [6.07, 6.45) is 2.61. The number of unbranched alkanes of at least 4 members (excludes halogenated alkanes) is 1. The van der Waals surface area contributed by atoms with E-state index in [9.17, 15) is 9.59 Å². The summed E-state index contributed by atoms with van der Waals surface area (Å²) < 4.78 is 0. The highest BCUT2D eigenvalue weighted by Crippen LogP contribution is 2.23. The summed E-state index contributed by atoms with van der Waals surface area (Å²) in [5.74, 6) is -0.230. The van der Waals surface area contributed by atoms with E-state index >= 15 is 0 Å². The first kappa shape index (κ1) is 24.2. The van der Waals surface area contributed by atoms with Crippen LogP contribution in [0, 0.1) is 6.92 Å². The normalized spacial score (nSPS) is 11.8. The number of carbonyl (C=O) groups excluding carboxylic acids is 2. The summed E-state index contributed by atoms with van der Waals surface area (Å²) >= 11 is 12.1. The molecule has 0 aliphatic carbocycles. The van der Waals surface area contributed by atoms with Gasteiger partial charge in [-0.15, -0.1) is 0 Å². The fourth-order valence-corrected chi connectivity index (χ4v) is 3.56.